The number of rotatable bonds is 3. The van der Waals surface area contributed by atoms with Crippen molar-refractivity contribution in [2.45, 2.75) is 50.5 Å². The maximum absolute atomic E-state index is 11.8. The van der Waals surface area contributed by atoms with Crippen molar-refractivity contribution in [1.29, 1.82) is 0 Å². The Morgan fingerprint density at radius 2 is 1.85 bits per heavy atom. The molecule has 0 radical (unpaired) electrons. The van der Waals surface area contributed by atoms with E-state index in [1.807, 2.05) is 7.05 Å². The van der Waals surface area contributed by atoms with Gasteiger partial charge in [-0.3, -0.25) is 4.79 Å². The first kappa shape index (κ1) is 12.6. The van der Waals surface area contributed by atoms with Gasteiger partial charge in [-0.05, 0) is 69.4 Å². The second-order valence-corrected chi connectivity index (χ2v) is 7.34. The average molecular weight is 273 g/mol. The minimum Gasteiger partial charge on any atom is -0.315 e. The van der Waals surface area contributed by atoms with Crippen LogP contribution in [0.3, 0.4) is 0 Å². The molecule has 0 atom stereocenters. The van der Waals surface area contributed by atoms with Crippen molar-refractivity contribution < 1.29 is 0 Å². The number of aromatic amines is 1. The lowest BCUT2D eigenvalue weighted by Crippen LogP contribution is -2.49. The number of hydrogen-bond acceptors (Lipinski definition) is 3. The van der Waals surface area contributed by atoms with E-state index in [4.69, 9.17) is 0 Å². The maximum Gasteiger partial charge on any atom is 0.268 e. The van der Waals surface area contributed by atoms with Gasteiger partial charge in [0.15, 0.2) is 0 Å². The lowest BCUT2D eigenvalue weighted by Gasteiger charge is -2.56. The molecule has 4 saturated carbocycles. The zero-order valence-electron chi connectivity index (χ0n) is 12.1. The molecule has 1 heterocycles. The second kappa shape index (κ2) is 4.42. The van der Waals surface area contributed by atoms with E-state index in [9.17, 15) is 4.79 Å². The SMILES string of the molecule is CNCc1cc(C23CC4CC(CC(C4)C2)C3)n[nH]c1=O. The zero-order chi connectivity index (χ0) is 13.7. The highest BCUT2D eigenvalue weighted by atomic mass is 16.1. The summed E-state index contributed by atoms with van der Waals surface area (Å²) in [6.07, 6.45) is 8.18. The Labute approximate surface area is 119 Å². The largest absolute Gasteiger partial charge is 0.315 e. The predicted octanol–water partition coefficient (Wildman–Crippen LogP) is 1.96. The molecular weight excluding hydrogens is 250 g/mol. The average Bonchev–Trinajstić information content (AvgIpc) is 2.40. The fraction of sp³-hybridized carbons (Fsp3) is 0.750. The van der Waals surface area contributed by atoms with Crippen molar-refractivity contribution in [1.82, 2.24) is 15.5 Å². The summed E-state index contributed by atoms with van der Waals surface area (Å²) in [7, 11) is 1.88. The standard InChI is InChI=1S/C16H23N3O/c1-17-9-13-5-14(18-19-15(13)20)16-6-10-2-11(7-16)4-12(3-10)8-16/h5,10-12,17H,2-4,6-9H2,1H3,(H,19,20). The topological polar surface area (TPSA) is 57.8 Å². The number of nitrogens with one attached hydrogen (secondary N) is 2. The van der Waals surface area contributed by atoms with Gasteiger partial charge in [0.2, 0.25) is 0 Å². The van der Waals surface area contributed by atoms with Crippen LogP contribution < -0.4 is 10.9 Å². The molecule has 1 aromatic rings. The van der Waals surface area contributed by atoms with Gasteiger partial charge in [0, 0.05) is 17.5 Å². The lowest BCUT2D eigenvalue weighted by atomic mass is 9.49. The molecule has 108 valence electrons. The van der Waals surface area contributed by atoms with E-state index in [1.54, 1.807) is 0 Å². The molecule has 4 fully saturated rings. The van der Waals surface area contributed by atoms with Crippen molar-refractivity contribution in [3.8, 4) is 0 Å². The van der Waals surface area contributed by atoms with Crippen LogP contribution in [0.15, 0.2) is 10.9 Å². The first-order valence-electron chi connectivity index (χ1n) is 7.92. The van der Waals surface area contributed by atoms with Crippen molar-refractivity contribution in [2.75, 3.05) is 7.05 Å². The quantitative estimate of drug-likeness (QED) is 0.885. The molecule has 4 heteroatoms. The van der Waals surface area contributed by atoms with E-state index in [1.165, 1.54) is 38.5 Å². The molecular formula is C16H23N3O. The second-order valence-electron chi connectivity index (χ2n) is 7.34. The van der Waals surface area contributed by atoms with E-state index in [-0.39, 0.29) is 11.0 Å². The van der Waals surface area contributed by atoms with Crippen LogP contribution in [0, 0.1) is 17.8 Å². The van der Waals surface area contributed by atoms with Gasteiger partial charge in [0.1, 0.15) is 0 Å². The first-order chi connectivity index (χ1) is 9.68. The summed E-state index contributed by atoms with van der Waals surface area (Å²) < 4.78 is 0. The van der Waals surface area contributed by atoms with Crippen LogP contribution in [0.4, 0.5) is 0 Å². The van der Waals surface area contributed by atoms with E-state index < -0.39 is 0 Å². The van der Waals surface area contributed by atoms with E-state index in [2.05, 4.69) is 21.6 Å². The van der Waals surface area contributed by atoms with Crippen LogP contribution in [0.5, 0.6) is 0 Å². The molecule has 2 N–H and O–H groups in total. The molecule has 0 amide bonds. The Balaban J connectivity index is 1.73. The van der Waals surface area contributed by atoms with Gasteiger partial charge in [-0.2, -0.15) is 5.10 Å². The fourth-order valence-electron chi connectivity index (χ4n) is 5.46. The molecule has 20 heavy (non-hydrogen) atoms. The van der Waals surface area contributed by atoms with Crippen molar-refractivity contribution in [2.24, 2.45) is 17.8 Å². The third-order valence-electron chi connectivity index (χ3n) is 5.83. The molecule has 4 aliphatic carbocycles. The number of nitrogens with zero attached hydrogens (tertiary/aromatic N) is 1. The van der Waals surface area contributed by atoms with Gasteiger partial charge >= 0.3 is 0 Å². The summed E-state index contributed by atoms with van der Waals surface area (Å²) >= 11 is 0. The Morgan fingerprint density at radius 3 is 2.40 bits per heavy atom. The molecule has 0 aromatic carbocycles. The third-order valence-corrected chi connectivity index (χ3v) is 5.83. The first-order valence-corrected chi connectivity index (χ1v) is 7.92. The minimum absolute atomic E-state index is 0.0483. The normalized spacial score (nSPS) is 38.4. The molecule has 0 unspecified atom stereocenters. The highest BCUT2D eigenvalue weighted by Crippen LogP contribution is 2.60. The van der Waals surface area contributed by atoms with Crippen LogP contribution in [0.1, 0.15) is 49.8 Å². The molecule has 0 aliphatic heterocycles. The lowest BCUT2D eigenvalue weighted by molar-refractivity contribution is -0.00767. The van der Waals surface area contributed by atoms with Gasteiger partial charge in [0.05, 0.1) is 5.69 Å². The Hall–Kier alpha value is -1.16. The van der Waals surface area contributed by atoms with Crippen molar-refractivity contribution >= 4 is 0 Å². The van der Waals surface area contributed by atoms with Crippen LogP contribution in [-0.4, -0.2) is 17.2 Å². The van der Waals surface area contributed by atoms with E-state index in [0.29, 0.717) is 6.54 Å². The molecule has 0 spiro atoms. The van der Waals surface area contributed by atoms with Gasteiger partial charge in [-0.25, -0.2) is 5.10 Å². The van der Waals surface area contributed by atoms with E-state index >= 15 is 0 Å². The van der Waals surface area contributed by atoms with Crippen LogP contribution in [0.2, 0.25) is 0 Å². The summed E-state index contributed by atoms with van der Waals surface area (Å²) in [5.74, 6) is 2.72. The van der Waals surface area contributed by atoms with Crippen LogP contribution >= 0.6 is 0 Å². The molecule has 1 aromatic heterocycles. The van der Waals surface area contributed by atoms with Crippen LogP contribution in [-0.2, 0) is 12.0 Å². The van der Waals surface area contributed by atoms with Gasteiger partial charge < -0.3 is 5.32 Å². The molecule has 5 rings (SSSR count). The molecule has 0 saturated heterocycles. The monoisotopic (exact) mass is 273 g/mol. The highest BCUT2D eigenvalue weighted by Gasteiger charge is 2.52. The van der Waals surface area contributed by atoms with Crippen LogP contribution in [0.25, 0.3) is 0 Å². The van der Waals surface area contributed by atoms with Crippen molar-refractivity contribution in [3.05, 3.63) is 27.7 Å². The van der Waals surface area contributed by atoms with Gasteiger partial charge in [-0.1, -0.05) is 0 Å². The minimum atomic E-state index is -0.0483. The predicted molar refractivity (Wildman–Crippen MR) is 77.5 cm³/mol. The summed E-state index contributed by atoms with van der Waals surface area (Å²) in [4.78, 5) is 11.8. The van der Waals surface area contributed by atoms with Crippen molar-refractivity contribution in [3.63, 3.8) is 0 Å². The summed E-state index contributed by atoms with van der Waals surface area (Å²) in [6, 6.07) is 2.07. The number of hydrogen-bond donors (Lipinski definition) is 2. The summed E-state index contributed by atoms with van der Waals surface area (Å²) in [5.41, 5.74) is 2.20. The fourth-order valence-corrected chi connectivity index (χ4v) is 5.46. The summed E-state index contributed by atoms with van der Waals surface area (Å²) in [5, 5.41) is 10.3. The number of aromatic nitrogens is 2. The number of H-pyrrole nitrogens is 1. The maximum atomic E-state index is 11.8. The Kier molecular flexibility index (Phi) is 2.78. The Morgan fingerprint density at radius 1 is 1.25 bits per heavy atom. The molecule has 4 bridgehead atoms. The highest BCUT2D eigenvalue weighted by molar-refractivity contribution is 5.25. The van der Waals surface area contributed by atoms with Gasteiger partial charge in [-0.15, -0.1) is 0 Å². The zero-order valence-corrected chi connectivity index (χ0v) is 12.1. The van der Waals surface area contributed by atoms with Gasteiger partial charge in [0.25, 0.3) is 5.56 Å². The molecule has 4 nitrogen and oxygen atoms in total. The van der Waals surface area contributed by atoms with E-state index in [0.717, 1.165) is 29.0 Å². The third kappa shape index (κ3) is 1.85. The smallest absolute Gasteiger partial charge is 0.268 e. The molecule has 4 aliphatic rings. The summed E-state index contributed by atoms with van der Waals surface area (Å²) in [6.45, 7) is 0.622. The Bertz CT molecular complexity index is 542.